The van der Waals surface area contributed by atoms with Gasteiger partial charge in [0.05, 0.1) is 18.3 Å². The third-order valence-corrected chi connectivity index (χ3v) is 4.52. The van der Waals surface area contributed by atoms with E-state index in [1.54, 1.807) is 7.11 Å². The molecule has 0 amide bonds. The lowest BCUT2D eigenvalue weighted by atomic mass is 10.0. The molecule has 0 atom stereocenters. The van der Waals surface area contributed by atoms with Crippen LogP contribution in [0.2, 0.25) is 0 Å². The maximum atomic E-state index is 5.40. The molecule has 2 aromatic heterocycles. The van der Waals surface area contributed by atoms with Crippen LogP contribution in [0.4, 0.5) is 5.69 Å². The summed E-state index contributed by atoms with van der Waals surface area (Å²) in [7, 11) is 1.69. The summed E-state index contributed by atoms with van der Waals surface area (Å²) >= 11 is 0. The van der Waals surface area contributed by atoms with Crippen molar-refractivity contribution in [1.29, 1.82) is 0 Å². The van der Waals surface area contributed by atoms with Crippen molar-refractivity contribution in [3.8, 4) is 5.75 Å². The molecule has 24 heavy (non-hydrogen) atoms. The Morgan fingerprint density at radius 2 is 2.00 bits per heavy atom. The maximum Gasteiger partial charge on any atom is 0.125 e. The smallest absolute Gasteiger partial charge is 0.125 e. The largest absolute Gasteiger partial charge is 0.497 e. The van der Waals surface area contributed by atoms with Crippen molar-refractivity contribution in [3.63, 3.8) is 0 Å². The molecule has 0 unspecified atom stereocenters. The lowest BCUT2D eigenvalue weighted by molar-refractivity contribution is 0.415. The van der Waals surface area contributed by atoms with Crippen LogP contribution in [0.3, 0.4) is 0 Å². The molecule has 0 radical (unpaired) electrons. The van der Waals surface area contributed by atoms with E-state index in [1.165, 1.54) is 16.9 Å². The fourth-order valence-electron chi connectivity index (χ4n) is 3.33. The number of rotatable bonds is 2. The molecule has 0 saturated carbocycles. The van der Waals surface area contributed by atoms with Crippen molar-refractivity contribution in [1.82, 2.24) is 15.0 Å². The van der Waals surface area contributed by atoms with E-state index in [-0.39, 0.29) is 0 Å². The van der Waals surface area contributed by atoms with E-state index in [4.69, 9.17) is 4.74 Å². The van der Waals surface area contributed by atoms with Crippen molar-refractivity contribution >= 4 is 16.6 Å². The molecule has 0 N–H and O–H groups in total. The number of methoxy groups -OCH3 is 1. The minimum absolute atomic E-state index is 0.825. The van der Waals surface area contributed by atoms with Gasteiger partial charge < -0.3 is 9.64 Å². The number of aryl methyl sites for hydroxylation is 2. The zero-order valence-corrected chi connectivity index (χ0v) is 14.2. The molecule has 4 rings (SSSR count). The number of fused-ring (bicyclic) bond motifs is 2. The van der Waals surface area contributed by atoms with Crippen molar-refractivity contribution in [2.45, 2.75) is 26.8 Å². The van der Waals surface area contributed by atoms with Gasteiger partial charge in [-0.3, -0.25) is 4.98 Å². The Hall–Kier alpha value is -2.69. The van der Waals surface area contributed by atoms with Gasteiger partial charge in [-0.15, -0.1) is 0 Å². The summed E-state index contributed by atoms with van der Waals surface area (Å²) in [6.45, 7) is 5.75. The fourth-order valence-corrected chi connectivity index (χ4v) is 3.33. The van der Waals surface area contributed by atoms with E-state index in [9.17, 15) is 0 Å². The predicted octanol–water partition coefficient (Wildman–Crippen LogP) is 3.21. The Bertz CT molecular complexity index is 923. The van der Waals surface area contributed by atoms with Crippen molar-refractivity contribution in [2.75, 3.05) is 18.6 Å². The van der Waals surface area contributed by atoms with Crippen LogP contribution in [-0.2, 0) is 13.0 Å². The molecule has 1 aliphatic heterocycles. The summed E-state index contributed by atoms with van der Waals surface area (Å²) in [5.74, 6) is 1.70. The zero-order chi connectivity index (χ0) is 16.7. The van der Waals surface area contributed by atoms with Gasteiger partial charge in [0.1, 0.15) is 11.6 Å². The van der Waals surface area contributed by atoms with Gasteiger partial charge in [0.15, 0.2) is 0 Å². The van der Waals surface area contributed by atoms with E-state index < -0.39 is 0 Å². The zero-order valence-electron chi connectivity index (χ0n) is 14.2. The monoisotopic (exact) mass is 320 g/mol. The van der Waals surface area contributed by atoms with Crippen molar-refractivity contribution < 1.29 is 4.74 Å². The maximum absolute atomic E-state index is 5.40. The van der Waals surface area contributed by atoms with Gasteiger partial charge in [-0.1, -0.05) is 0 Å². The molecule has 0 bridgehead atoms. The van der Waals surface area contributed by atoms with Crippen LogP contribution < -0.4 is 9.64 Å². The molecule has 0 saturated heterocycles. The Kier molecular flexibility index (Phi) is 3.56. The van der Waals surface area contributed by atoms with Gasteiger partial charge in [-0.2, -0.15) is 0 Å². The number of anilines is 1. The van der Waals surface area contributed by atoms with Crippen LogP contribution in [0.5, 0.6) is 5.75 Å². The van der Waals surface area contributed by atoms with Crippen LogP contribution >= 0.6 is 0 Å². The molecule has 3 heterocycles. The summed E-state index contributed by atoms with van der Waals surface area (Å²) in [6.07, 6.45) is 2.90. The first-order chi connectivity index (χ1) is 11.6. The number of benzene rings is 1. The Balaban J connectivity index is 1.80. The lowest BCUT2D eigenvalue weighted by Crippen LogP contribution is -2.31. The topological polar surface area (TPSA) is 51.1 Å². The minimum atomic E-state index is 0.825. The molecule has 5 heteroatoms. The molecular formula is C19H20N4O. The first-order valence-corrected chi connectivity index (χ1v) is 8.16. The number of hydrogen-bond acceptors (Lipinski definition) is 5. The van der Waals surface area contributed by atoms with E-state index in [0.29, 0.717) is 0 Å². The van der Waals surface area contributed by atoms with E-state index in [2.05, 4.69) is 32.0 Å². The van der Waals surface area contributed by atoms with E-state index in [1.807, 2.05) is 32.2 Å². The quantitative estimate of drug-likeness (QED) is 0.726. The normalized spacial score (nSPS) is 13.9. The fraction of sp³-hybridized carbons (Fsp3) is 0.316. The van der Waals surface area contributed by atoms with Crippen LogP contribution in [0.25, 0.3) is 10.9 Å². The summed E-state index contributed by atoms with van der Waals surface area (Å²) in [5, 5.41) is 1.12. The first kappa shape index (κ1) is 14.9. The molecular weight excluding hydrogens is 300 g/mol. The molecule has 0 fully saturated rings. The van der Waals surface area contributed by atoms with Gasteiger partial charge >= 0.3 is 0 Å². The third kappa shape index (κ3) is 2.56. The SMILES string of the molecule is COc1ccc2nc(C)cc(N3CCc4nc(C)ncc4C3)c2c1. The Morgan fingerprint density at radius 1 is 1.12 bits per heavy atom. The summed E-state index contributed by atoms with van der Waals surface area (Å²) in [5.41, 5.74) is 5.59. The van der Waals surface area contributed by atoms with Gasteiger partial charge in [-0.25, -0.2) is 9.97 Å². The number of ether oxygens (including phenoxy) is 1. The Labute approximate surface area is 141 Å². The highest BCUT2D eigenvalue weighted by molar-refractivity contribution is 5.93. The summed E-state index contributed by atoms with van der Waals surface area (Å²) in [4.78, 5) is 16.0. The van der Waals surface area contributed by atoms with E-state index >= 15 is 0 Å². The first-order valence-electron chi connectivity index (χ1n) is 8.16. The van der Waals surface area contributed by atoms with Crippen LogP contribution in [0, 0.1) is 13.8 Å². The molecule has 122 valence electrons. The highest BCUT2D eigenvalue weighted by atomic mass is 16.5. The molecule has 1 aliphatic rings. The number of pyridine rings is 1. The number of nitrogens with zero attached hydrogens (tertiary/aromatic N) is 4. The molecule has 1 aromatic carbocycles. The van der Waals surface area contributed by atoms with Gasteiger partial charge in [0, 0.05) is 48.0 Å². The van der Waals surface area contributed by atoms with E-state index in [0.717, 1.165) is 47.7 Å². The van der Waals surface area contributed by atoms with Crippen LogP contribution in [0.1, 0.15) is 22.8 Å². The van der Waals surface area contributed by atoms with Crippen molar-refractivity contribution in [3.05, 3.63) is 53.2 Å². The molecule has 0 aliphatic carbocycles. The Morgan fingerprint density at radius 3 is 2.83 bits per heavy atom. The highest BCUT2D eigenvalue weighted by Crippen LogP contribution is 2.32. The number of aromatic nitrogens is 3. The van der Waals surface area contributed by atoms with Gasteiger partial charge in [0.2, 0.25) is 0 Å². The lowest BCUT2D eigenvalue weighted by Gasteiger charge is -2.31. The number of hydrogen-bond donors (Lipinski definition) is 0. The second-order valence-corrected chi connectivity index (χ2v) is 6.23. The average molecular weight is 320 g/mol. The molecule has 5 nitrogen and oxygen atoms in total. The van der Waals surface area contributed by atoms with Gasteiger partial charge in [0.25, 0.3) is 0 Å². The minimum Gasteiger partial charge on any atom is -0.497 e. The van der Waals surface area contributed by atoms with Crippen molar-refractivity contribution in [2.24, 2.45) is 0 Å². The standard InChI is InChI=1S/C19H20N4O/c1-12-8-19(16-9-15(24-3)4-5-18(16)21-12)23-7-6-17-14(11-23)10-20-13(2)22-17/h4-5,8-10H,6-7,11H2,1-3H3. The molecule has 0 spiro atoms. The van der Waals surface area contributed by atoms with Gasteiger partial charge in [-0.05, 0) is 38.1 Å². The third-order valence-electron chi connectivity index (χ3n) is 4.52. The predicted molar refractivity (Wildman–Crippen MR) is 94.6 cm³/mol. The molecule has 3 aromatic rings. The second-order valence-electron chi connectivity index (χ2n) is 6.23. The van der Waals surface area contributed by atoms with Crippen LogP contribution in [-0.4, -0.2) is 28.6 Å². The average Bonchev–Trinajstić information content (AvgIpc) is 2.60. The summed E-state index contributed by atoms with van der Waals surface area (Å²) < 4.78 is 5.40. The highest BCUT2D eigenvalue weighted by Gasteiger charge is 2.20. The van der Waals surface area contributed by atoms with Crippen LogP contribution in [0.15, 0.2) is 30.5 Å². The summed E-state index contributed by atoms with van der Waals surface area (Å²) in [6, 6.07) is 8.20. The second kappa shape index (κ2) is 5.74.